The number of rotatable bonds is 5. The highest BCUT2D eigenvalue weighted by molar-refractivity contribution is 7.09. The molecule has 16 heavy (non-hydrogen) atoms. The molecule has 0 bridgehead atoms. The first kappa shape index (κ1) is 11.3. The Labute approximate surface area is 100 Å². The van der Waals surface area contributed by atoms with Gasteiger partial charge in [-0.25, -0.2) is 0 Å². The molecule has 3 heteroatoms. The molecule has 2 N–H and O–H groups in total. The van der Waals surface area contributed by atoms with Crippen molar-refractivity contribution in [2.24, 2.45) is 5.73 Å². The molecule has 2 rings (SSSR count). The van der Waals surface area contributed by atoms with E-state index in [0.29, 0.717) is 0 Å². The molecule has 0 aliphatic carbocycles. The van der Waals surface area contributed by atoms with Crippen molar-refractivity contribution in [1.82, 2.24) is 4.98 Å². The summed E-state index contributed by atoms with van der Waals surface area (Å²) in [6, 6.07) is 8.38. The van der Waals surface area contributed by atoms with Gasteiger partial charge in [-0.15, -0.1) is 11.3 Å². The van der Waals surface area contributed by atoms with Crippen molar-refractivity contribution in [3.05, 3.63) is 52.5 Å². The van der Waals surface area contributed by atoms with Crippen molar-refractivity contribution in [2.75, 3.05) is 0 Å². The molecule has 0 saturated heterocycles. The molecule has 0 aliphatic heterocycles. The van der Waals surface area contributed by atoms with Gasteiger partial charge in [-0.3, -0.25) is 4.98 Å². The largest absolute Gasteiger partial charge is 0.324 e. The zero-order chi connectivity index (χ0) is 11.2. The summed E-state index contributed by atoms with van der Waals surface area (Å²) in [6.45, 7) is 0. The molecule has 0 saturated carbocycles. The van der Waals surface area contributed by atoms with Crippen molar-refractivity contribution >= 4 is 11.3 Å². The Kier molecular flexibility index (Phi) is 4.08. The van der Waals surface area contributed by atoms with Gasteiger partial charge in [-0.2, -0.15) is 0 Å². The van der Waals surface area contributed by atoms with Gasteiger partial charge >= 0.3 is 0 Å². The monoisotopic (exact) mass is 232 g/mol. The van der Waals surface area contributed by atoms with E-state index in [2.05, 4.69) is 22.5 Å². The lowest BCUT2D eigenvalue weighted by Crippen LogP contribution is -2.10. The SMILES string of the molecule is NC(CCCc1cccs1)c1cccnc1. The van der Waals surface area contributed by atoms with Gasteiger partial charge in [-0.1, -0.05) is 12.1 Å². The fourth-order valence-corrected chi connectivity index (χ4v) is 2.46. The van der Waals surface area contributed by atoms with Crippen LogP contribution in [0.1, 0.15) is 29.3 Å². The van der Waals surface area contributed by atoms with E-state index in [0.717, 1.165) is 24.8 Å². The molecule has 2 aromatic heterocycles. The van der Waals surface area contributed by atoms with Crippen LogP contribution in [0.5, 0.6) is 0 Å². The topological polar surface area (TPSA) is 38.9 Å². The van der Waals surface area contributed by atoms with Crippen LogP contribution in [0.3, 0.4) is 0 Å². The molecular formula is C13H16N2S. The third-order valence-electron chi connectivity index (χ3n) is 2.63. The van der Waals surface area contributed by atoms with Crippen molar-refractivity contribution in [1.29, 1.82) is 0 Å². The molecule has 0 radical (unpaired) electrons. The van der Waals surface area contributed by atoms with E-state index in [-0.39, 0.29) is 6.04 Å². The van der Waals surface area contributed by atoms with Crippen LogP contribution in [-0.2, 0) is 6.42 Å². The Bertz CT molecular complexity index is 397. The van der Waals surface area contributed by atoms with Gasteiger partial charge in [0, 0.05) is 23.3 Å². The third kappa shape index (κ3) is 3.15. The number of pyridine rings is 1. The van der Waals surface area contributed by atoms with Crippen LogP contribution in [0.15, 0.2) is 42.0 Å². The summed E-state index contributed by atoms with van der Waals surface area (Å²) in [7, 11) is 0. The highest BCUT2D eigenvalue weighted by Crippen LogP contribution is 2.18. The summed E-state index contributed by atoms with van der Waals surface area (Å²) in [5, 5.41) is 2.12. The number of nitrogens with two attached hydrogens (primary N) is 1. The number of hydrogen-bond donors (Lipinski definition) is 1. The maximum absolute atomic E-state index is 6.10. The molecular weight excluding hydrogens is 216 g/mol. The van der Waals surface area contributed by atoms with Gasteiger partial charge in [0.25, 0.3) is 0 Å². The maximum atomic E-state index is 6.10. The van der Waals surface area contributed by atoms with Crippen LogP contribution in [0, 0.1) is 0 Å². The average molecular weight is 232 g/mol. The van der Waals surface area contributed by atoms with Crippen LogP contribution in [0.25, 0.3) is 0 Å². The second kappa shape index (κ2) is 5.77. The molecule has 2 nitrogen and oxygen atoms in total. The Balaban J connectivity index is 1.78. The van der Waals surface area contributed by atoms with Crippen molar-refractivity contribution in [3.8, 4) is 0 Å². The van der Waals surface area contributed by atoms with Crippen molar-refractivity contribution in [3.63, 3.8) is 0 Å². The summed E-state index contributed by atoms with van der Waals surface area (Å²) in [5.74, 6) is 0. The smallest absolute Gasteiger partial charge is 0.0315 e. The van der Waals surface area contributed by atoms with Gasteiger partial charge in [0.05, 0.1) is 0 Å². The van der Waals surface area contributed by atoms with Gasteiger partial charge < -0.3 is 5.73 Å². The van der Waals surface area contributed by atoms with Crippen LogP contribution in [-0.4, -0.2) is 4.98 Å². The molecule has 0 fully saturated rings. The first-order chi connectivity index (χ1) is 7.86. The minimum Gasteiger partial charge on any atom is -0.324 e. The fraction of sp³-hybridized carbons (Fsp3) is 0.308. The molecule has 84 valence electrons. The van der Waals surface area contributed by atoms with E-state index in [9.17, 15) is 0 Å². The second-order valence-electron chi connectivity index (χ2n) is 3.86. The highest BCUT2D eigenvalue weighted by atomic mass is 32.1. The van der Waals surface area contributed by atoms with Gasteiger partial charge in [-0.05, 0) is 42.3 Å². The summed E-state index contributed by atoms with van der Waals surface area (Å²) >= 11 is 1.82. The molecule has 0 aliphatic rings. The lowest BCUT2D eigenvalue weighted by Gasteiger charge is -2.10. The lowest BCUT2D eigenvalue weighted by molar-refractivity contribution is 0.612. The zero-order valence-electron chi connectivity index (χ0n) is 9.17. The van der Waals surface area contributed by atoms with E-state index in [1.165, 1.54) is 4.88 Å². The van der Waals surface area contributed by atoms with E-state index in [1.807, 2.05) is 29.7 Å². The van der Waals surface area contributed by atoms with Crippen molar-refractivity contribution < 1.29 is 0 Å². The van der Waals surface area contributed by atoms with Crippen LogP contribution < -0.4 is 5.73 Å². The Morgan fingerprint density at radius 2 is 2.25 bits per heavy atom. The molecule has 2 heterocycles. The zero-order valence-corrected chi connectivity index (χ0v) is 9.99. The van der Waals surface area contributed by atoms with Gasteiger partial charge in [0.2, 0.25) is 0 Å². The van der Waals surface area contributed by atoms with Crippen LogP contribution in [0.4, 0.5) is 0 Å². The lowest BCUT2D eigenvalue weighted by atomic mass is 10.0. The summed E-state index contributed by atoms with van der Waals surface area (Å²) in [6.07, 6.45) is 6.92. The second-order valence-corrected chi connectivity index (χ2v) is 4.90. The Morgan fingerprint density at radius 3 is 2.94 bits per heavy atom. The molecule has 2 aromatic rings. The highest BCUT2D eigenvalue weighted by Gasteiger charge is 2.05. The van der Waals surface area contributed by atoms with E-state index < -0.39 is 0 Å². The summed E-state index contributed by atoms with van der Waals surface area (Å²) in [5.41, 5.74) is 7.23. The Morgan fingerprint density at radius 1 is 1.31 bits per heavy atom. The fourth-order valence-electron chi connectivity index (χ4n) is 1.71. The number of nitrogens with zero attached hydrogens (tertiary/aromatic N) is 1. The van der Waals surface area contributed by atoms with Crippen LogP contribution in [0.2, 0.25) is 0 Å². The minimum atomic E-state index is 0.119. The summed E-state index contributed by atoms with van der Waals surface area (Å²) in [4.78, 5) is 5.53. The van der Waals surface area contributed by atoms with Gasteiger partial charge in [0.1, 0.15) is 0 Å². The third-order valence-corrected chi connectivity index (χ3v) is 3.57. The quantitative estimate of drug-likeness (QED) is 0.860. The average Bonchev–Trinajstić information content (AvgIpc) is 2.83. The number of aromatic nitrogens is 1. The minimum absolute atomic E-state index is 0.119. The van der Waals surface area contributed by atoms with E-state index in [4.69, 9.17) is 5.73 Å². The van der Waals surface area contributed by atoms with E-state index in [1.54, 1.807) is 6.20 Å². The molecule has 1 unspecified atom stereocenters. The predicted octanol–water partition coefficient (Wildman–Crippen LogP) is 3.17. The first-order valence-corrected chi connectivity index (χ1v) is 6.42. The van der Waals surface area contributed by atoms with E-state index >= 15 is 0 Å². The molecule has 0 spiro atoms. The molecule has 0 aromatic carbocycles. The van der Waals surface area contributed by atoms with Crippen LogP contribution >= 0.6 is 11.3 Å². The maximum Gasteiger partial charge on any atom is 0.0315 e. The number of thiophene rings is 1. The Hall–Kier alpha value is -1.19. The number of aryl methyl sites for hydroxylation is 1. The predicted molar refractivity (Wildman–Crippen MR) is 68.4 cm³/mol. The van der Waals surface area contributed by atoms with Gasteiger partial charge in [0.15, 0.2) is 0 Å². The number of hydrogen-bond acceptors (Lipinski definition) is 3. The molecule has 0 amide bonds. The first-order valence-electron chi connectivity index (χ1n) is 5.54. The standard InChI is InChI=1S/C13H16N2S/c14-13(11-4-2-8-15-10-11)7-1-5-12-6-3-9-16-12/h2-4,6,8-10,13H,1,5,7,14H2. The van der Waals surface area contributed by atoms with Crippen molar-refractivity contribution in [2.45, 2.75) is 25.3 Å². The normalized spacial score (nSPS) is 12.6. The molecule has 1 atom stereocenters. The summed E-state index contributed by atoms with van der Waals surface area (Å²) < 4.78 is 0.